The zero-order chi connectivity index (χ0) is 12.0. The van der Waals surface area contributed by atoms with E-state index in [0.29, 0.717) is 5.02 Å². The molecule has 1 aromatic carbocycles. The molecular weight excluding hydrogens is 256 g/mol. The Morgan fingerprint density at radius 2 is 2.18 bits per heavy atom. The number of aliphatic carboxylic acids is 1. The van der Waals surface area contributed by atoms with Crippen molar-refractivity contribution in [3.8, 4) is 10.4 Å². The molecule has 0 saturated heterocycles. The number of hydrogen-bond acceptors (Lipinski definition) is 2. The summed E-state index contributed by atoms with van der Waals surface area (Å²) in [5.41, 5.74) is 3.29. The second-order valence-electron chi connectivity index (χ2n) is 4.09. The summed E-state index contributed by atoms with van der Waals surface area (Å²) < 4.78 is 0. The van der Waals surface area contributed by atoms with E-state index in [4.69, 9.17) is 16.7 Å². The van der Waals surface area contributed by atoms with Crippen molar-refractivity contribution in [3.63, 3.8) is 0 Å². The molecule has 0 amide bonds. The number of hydrogen-bond donors (Lipinski definition) is 1. The summed E-state index contributed by atoms with van der Waals surface area (Å²) in [4.78, 5) is 12.1. The van der Waals surface area contributed by atoms with Gasteiger partial charge in [-0.15, -0.1) is 11.3 Å². The maximum absolute atomic E-state index is 11.0. The molecule has 3 rings (SSSR count). The molecule has 86 valence electrons. The first-order chi connectivity index (χ1) is 8.16. The van der Waals surface area contributed by atoms with Gasteiger partial charge in [0, 0.05) is 15.8 Å². The highest BCUT2D eigenvalue weighted by molar-refractivity contribution is 7.13. The molecule has 1 heterocycles. The minimum atomic E-state index is -0.778. The molecule has 1 aliphatic carbocycles. The smallest absolute Gasteiger partial charge is 0.304 e. The van der Waals surface area contributed by atoms with Crippen LogP contribution in [0.3, 0.4) is 0 Å². The van der Waals surface area contributed by atoms with Crippen molar-refractivity contribution >= 4 is 28.9 Å². The topological polar surface area (TPSA) is 37.3 Å². The second kappa shape index (κ2) is 3.86. The summed E-state index contributed by atoms with van der Waals surface area (Å²) in [6.07, 6.45) is 0.122. The molecule has 0 fully saturated rings. The van der Waals surface area contributed by atoms with Crippen molar-refractivity contribution in [1.82, 2.24) is 0 Å². The first-order valence-corrected chi connectivity index (χ1v) is 6.51. The van der Waals surface area contributed by atoms with E-state index in [2.05, 4.69) is 0 Å². The fourth-order valence-electron chi connectivity index (χ4n) is 2.40. The van der Waals surface area contributed by atoms with Crippen LogP contribution in [0.15, 0.2) is 29.6 Å². The highest BCUT2D eigenvalue weighted by atomic mass is 35.5. The molecule has 0 saturated carbocycles. The van der Waals surface area contributed by atoms with Crippen LogP contribution in [0, 0.1) is 0 Å². The van der Waals surface area contributed by atoms with E-state index in [1.807, 2.05) is 29.6 Å². The van der Waals surface area contributed by atoms with Crippen LogP contribution in [0.5, 0.6) is 0 Å². The van der Waals surface area contributed by atoms with E-state index in [0.717, 1.165) is 16.7 Å². The molecule has 1 N–H and O–H groups in total. The molecule has 17 heavy (non-hydrogen) atoms. The highest BCUT2D eigenvalue weighted by Crippen LogP contribution is 2.49. The van der Waals surface area contributed by atoms with Gasteiger partial charge >= 0.3 is 5.97 Å². The van der Waals surface area contributed by atoms with Gasteiger partial charge in [0.15, 0.2) is 0 Å². The highest BCUT2D eigenvalue weighted by Gasteiger charge is 2.31. The zero-order valence-corrected chi connectivity index (χ0v) is 10.4. The second-order valence-corrected chi connectivity index (χ2v) is 5.44. The van der Waals surface area contributed by atoms with E-state index in [1.54, 1.807) is 11.3 Å². The summed E-state index contributed by atoms with van der Waals surface area (Å²) in [5, 5.41) is 11.7. The molecule has 4 heteroatoms. The van der Waals surface area contributed by atoms with Crippen LogP contribution in [-0.2, 0) is 4.79 Å². The standard InChI is InChI=1S/C13H9ClO2S/c14-7-1-2-8-10(5-7)11(6-12(15)16)9-3-4-17-13(8)9/h1-5,11H,6H2,(H,15,16). The number of carboxylic acids is 1. The monoisotopic (exact) mass is 264 g/mol. The van der Waals surface area contributed by atoms with E-state index in [9.17, 15) is 4.79 Å². The van der Waals surface area contributed by atoms with Crippen LogP contribution in [0.4, 0.5) is 0 Å². The Morgan fingerprint density at radius 3 is 2.94 bits per heavy atom. The van der Waals surface area contributed by atoms with Gasteiger partial charge in [0.2, 0.25) is 0 Å². The van der Waals surface area contributed by atoms with Crippen LogP contribution < -0.4 is 0 Å². The molecule has 0 aliphatic heterocycles. The Bertz CT molecular complexity index is 603. The largest absolute Gasteiger partial charge is 0.481 e. The predicted molar refractivity (Wildman–Crippen MR) is 68.9 cm³/mol. The van der Waals surface area contributed by atoms with Gasteiger partial charge in [-0.2, -0.15) is 0 Å². The normalized spacial score (nSPS) is 16.6. The van der Waals surface area contributed by atoms with Gasteiger partial charge in [0.25, 0.3) is 0 Å². The number of fused-ring (bicyclic) bond motifs is 3. The molecular formula is C13H9ClO2S. The number of benzene rings is 1. The van der Waals surface area contributed by atoms with Crippen molar-refractivity contribution in [3.05, 3.63) is 45.8 Å². The summed E-state index contributed by atoms with van der Waals surface area (Å²) >= 11 is 7.65. The third kappa shape index (κ3) is 1.66. The van der Waals surface area contributed by atoms with Gasteiger partial charge in [0.05, 0.1) is 6.42 Å². The molecule has 1 aromatic heterocycles. The number of carbonyl (C=O) groups is 1. The molecule has 1 aliphatic rings. The fourth-order valence-corrected chi connectivity index (χ4v) is 3.59. The lowest BCUT2D eigenvalue weighted by molar-refractivity contribution is -0.137. The molecule has 1 unspecified atom stereocenters. The van der Waals surface area contributed by atoms with Gasteiger partial charge in [-0.1, -0.05) is 17.7 Å². The van der Waals surface area contributed by atoms with Crippen molar-refractivity contribution < 1.29 is 9.90 Å². The number of halogens is 1. The molecule has 0 bridgehead atoms. The summed E-state index contributed by atoms with van der Waals surface area (Å²) in [6, 6.07) is 7.74. The summed E-state index contributed by atoms with van der Waals surface area (Å²) in [6.45, 7) is 0. The Kier molecular flexibility index (Phi) is 2.45. The lowest BCUT2D eigenvalue weighted by Crippen LogP contribution is -2.04. The Morgan fingerprint density at radius 1 is 1.35 bits per heavy atom. The van der Waals surface area contributed by atoms with Crippen LogP contribution in [-0.4, -0.2) is 11.1 Å². The average Bonchev–Trinajstić information content (AvgIpc) is 2.82. The fraction of sp³-hybridized carbons (Fsp3) is 0.154. The Hall–Kier alpha value is -1.32. The Labute approximate surface area is 107 Å². The van der Waals surface area contributed by atoms with Crippen molar-refractivity contribution in [1.29, 1.82) is 0 Å². The maximum Gasteiger partial charge on any atom is 0.304 e. The van der Waals surface area contributed by atoms with Gasteiger partial charge in [-0.05, 0) is 40.3 Å². The molecule has 0 spiro atoms. The van der Waals surface area contributed by atoms with Gasteiger partial charge in [0.1, 0.15) is 0 Å². The minimum Gasteiger partial charge on any atom is -0.481 e. The van der Waals surface area contributed by atoms with Crippen molar-refractivity contribution in [2.75, 3.05) is 0 Å². The van der Waals surface area contributed by atoms with Gasteiger partial charge in [-0.25, -0.2) is 0 Å². The first kappa shape index (κ1) is 10.8. The summed E-state index contributed by atoms with van der Waals surface area (Å²) in [5.74, 6) is -0.831. The lowest BCUT2D eigenvalue weighted by Gasteiger charge is -2.09. The van der Waals surface area contributed by atoms with E-state index in [1.165, 1.54) is 4.88 Å². The quantitative estimate of drug-likeness (QED) is 0.891. The van der Waals surface area contributed by atoms with Crippen LogP contribution in [0.2, 0.25) is 5.02 Å². The van der Waals surface area contributed by atoms with Gasteiger partial charge < -0.3 is 5.11 Å². The molecule has 1 atom stereocenters. The van der Waals surface area contributed by atoms with Crippen LogP contribution in [0.1, 0.15) is 23.5 Å². The molecule has 2 nitrogen and oxygen atoms in total. The van der Waals surface area contributed by atoms with E-state index >= 15 is 0 Å². The third-order valence-electron chi connectivity index (χ3n) is 3.08. The van der Waals surface area contributed by atoms with Gasteiger partial charge in [-0.3, -0.25) is 4.79 Å². The number of carboxylic acid groups (broad SMARTS) is 1. The summed E-state index contributed by atoms with van der Waals surface area (Å²) in [7, 11) is 0. The average molecular weight is 265 g/mol. The maximum atomic E-state index is 11.0. The van der Waals surface area contributed by atoms with Crippen LogP contribution in [0.25, 0.3) is 10.4 Å². The van der Waals surface area contributed by atoms with Crippen molar-refractivity contribution in [2.24, 2.45) is 0 Å². The number of rotatable bonds is 2. The first-order valence-electron chi connectivity index (χ1n) is 5.26. The van der Waals surface area contributed by atoms with Crippen molar-refractivity contribution in [2.45, 2.75) is 12.3 Å². The predicted octanol–water partition coefficient (Wildman–Crippen LogP) is 3.99. The SMILES string of the molecule is O=C(O)CC1c2cc(Cl)ccc2-c2sccc21. The van der Waals surface area contributed by atoms with Crippen LogP contribution >= 0.6 is 22.9 Å². The minimum absolute atomic E-state index is 0.0533. The lowest BCUT2D eigenvalue weighted by atomic mass is 9.94. The third-order valence-corrected chi connectivity index (χ3v) is 4.28. The Balaban J connectivity index is 2.18. The van der Waals surface area contributed by atoms with E-state index in [-0.39, 0.29) is 12.3 Å². The molecule has 0 radical (unpaired) electrons. The molecule has 2 aromatic rings. The number of thiophene rings is 1. The van der Waals surface area contributed by atoms with E-state index < -0.39 is 5.97 Å². The zero-order valence-electron chi connectivity index (χ0n) is 8.81.